The fourth-order valence-corrected chi connectivity index (χ4v) is 1.93. The molecule has 0 saturated carbocycles. The first-order valence-corrected chi connectivity index (χ1v) is 6.17. The maximum atomic E-state index is 10.7. The molecule has 2 aromatic rings. The van der Waals surface area contributed by atoms with Gasteiger partial charge >= 0.3 is 5.97 Å². The van der Waals surface area contributed by atoms with E-state index < -0.39 is 5.97 Å². The minimum atomic E-state index is -0.836. The van der Waals surface area contributed by atoms with Gasteiger partial charge in [0.1, 0.15) is 0 Å². The van der Waals surface area contributed by atoms with Crippen molar-refractivity contribution in [1.82, 2.24) is 0 Å². The Kier molecular flexibility index (Phi) is 4.02. The molecular weight excluding hydrogens is 252 g/mol. The predicted molar refractivity (Wildman–Crippen MR) is 77.0 cm³/mol. The average molecular weight is 266 g/mol. The number of aliphatic carboxylic acids is 1. The fourth-order valence-electron chi connectivity index (χ4n) is 1.93. The molecule has 0 aliphatic rings. The summed E-state index contributed by atoms with van der Waals surface area (Å²) in [5, 5.41) is 20.8. The summed E-state index contributed by atoms with van der Waals surface area (Å²) in [6.07, 6.45) is 0.0258. The van der Waals surface area contributed by atoms with Crippen LogP contribution in [0.5, 0.6) is 0 Å². The van der Waals surface area contributed by atoms with Gasteiger partial charge in [0.15, 0.2) is 0 Å². The number of anilines is 2. The van der Waals surface area contributed by atoms with Crippen LogP contribution in [-0.2, 0) is 11.2 Å². The first kappa shape index (κ1) is 13.6. The minimum Gasteiger partial charge on any atom is -0.481 e. The molecular formula is C16H14N2O2. The van der Waals surface area contributed by atoms with Crippen LogP contribution in [0.4, 0.5) is 11.4 Å². The molecule has 2 aromatic carbocycles. The summed E-state index contributed by atoms with van der Waals surface area (Å²) in [6, 6.07) is 14.8. The number of benzene rings is 2. The second-order valence-corrected chi connectivity index (χ2v) is 4.53. The van der Waals surface area contributed by atoms with Crippen molar-refractivity contribution in [3.63, 3.8) is 0 Å². The Labute approximate surface area is 117 Å². The van der Waals surface area contributed by atoms with Gasteiger partial charge in [-0.25, -0.2) is 0 Å². The molecule has 0 atom stereocenters. The van der Waals surface area contributed by atoms with Crippen molar-refractivity contribution < 1.29 is 9.90 Å². The summed E-state index contributed by atoms with van der Waals surface area (Å²) in [4.78, 5) is 10.7. The van der Waals surface area contributed by atoms with Gasteiger partial charge in [0.05, 0.1) is 18.1 Å². The normalized spacial score (nSPS) is 9.80. The van der Waals surface area contributed by atoms with Crippen LogP contribution in [0.25, 0.3) is 0 Å². The highest BCUT2D eigenvalue weighted by Gasteiger charge is 2.04. The minimum absolute atomic E-state index is 0.0258. The smallest absolute Gasteiger partial charge is 0.307 e. The second-order valence-electron chi connectivity index (χ2n) is 4.53. The quantitative estimate of drug-likeness (QED) is 0.891. The van der Waals surface area contributed by atoms with Crippen LogP contribution in [0.3, 0.4) is 0 Å². The number of hydrogen-bond acceptors (Lipinski definition) is 3. The third-order valence-corrected chi connectivity index (χ3v) is 2.94. The van der Waals surface area contributed by atoms with Crippen molar-refractivity contribution in [2.24, 2.45) is 0 Å². The number of carboxylic acids is 1. The highest BCUT2D eigenvalue weighted by Crippen LogP contribution is 2.22. The van der Waals surface area contributed by atoms with Gasteiger partial charge in [0.2, 0.25) is 0 Å². The van der Waals surface area contributed by atoms with E-state index >= 15 is 0 Å². The summed E-state index contributed by atoms with van der Waals surface area (Å²) in [7, 11) is 0. The van der Waals surface area contributed by atoms with Gasteiger partial charge in [0.25, 0.3) is 0 Å². The van der Waals surface area contributed by atoms with E-state index in [2.05, 4.69) is 11.4 Å². The van der Waals surface area contributed by atoms with Crippen LogP contribution < -0.4 is 5.32 Å². The van der Waals surface area contributed by atoms with E-state index in [9.17, 15) is 4.79 Å². The topological polar surface area (TPSA) is 73.1 Å². The Morgan fingerprint density at radius 2 is 1.95 bits per heavy atom. The van der Waals surface area contributed by atoms with Crippen LogP contribution in [0.15, 0.2) is 42.5 Å². The number of aryl methyl sites for hydroxylation is 1. The number of carbonyl (C=O) groups is 1. The van der Waals surface area contributed by atoms with Gasteiger partial charge in [-0.2, -0.15) is 5.26 Å². The van der Waals surface area contributed by atoms with E-state index in [1.165, 1.54) is 0 Å². The molecule has 2 rings (SSSR count). The number of rotatable bonds is 4. The molecule has 0 unspecified atom stereocenters. The molecule has 0 spiro atoms. The SMILES string of the molecule is Cc1cc(CC(=O)O)ccc1Nc1ccc(C#N)cc1. The Hall–Kier alpha value is -2.80. The highest BCUT2D eigenvalue weighted by atomic mass is 16.4. The van der Waals surface area contributed by atoms with Crippen LogP contribution in [0.2, 0.25) is 0 Å². The van der Waals surface area contributed by atoms with Gasteiger partial charge < -0.3 is 10.4 Å². The largest absolute Gasteiger partial charge is 0.481 e. The maximum Gasteiger partial charge on any atom is 0.307 e. The molecule has 100 valence electrons. The van der Waals surface area contributed by atoms with E-state index in [1.807, 2.05) is 31.2 Å². The van der Waals surface area contributed by atoms with Crippen molar-refractivity contribution in [3.8, 4) is 6.07 Å². The Morgan fingerprint density at radius 1 is 1.25 bits per heavy atom. The maximum absolute atomic E-state index is 10.7. The summed E-state index contributed by atoms with van der Waals surface area (Å²) in [6.45, 7) is 1.93. The van der Waals surface area contributed by atoms with Crippen molar-refractivity contribution in [2.45, 2.75) is 13.3 Å². The van der Waals surface area contributed by atoms with E-state index in [-0.39, 0.29) is 6.42 Å². The highest BCUT2D eigenvalue weighted by molar-refractivity contribution is 5.71. The molecule has 20 heavy (non-hydrogen) atoms. The zero-order chi connectivity index (χ0) is 14.5. The number of hydrogen-bond donors (Lipinski definition) is 2. The van der Waals surface area contributed by atoms with E-state index in [1.54, 1.807) is 18.2 Å². The zero-order valence-corrected chi connectivity index (χ0v) is 11.1. The lowest BCUT2D eigenvalue weighted by Crippen LogP contribution is -2.01. The standard InChI is InChI=1S/C16H14N2O2/c1-11-8-13(9-16(19)20)4-7-15(11)18-14-5-2-12(10-17)3-6-14/h2-8,18H,9H2,1H3,(H,19,20). The monoisotopic (exact) mass is 266 g/mol. The van der Waals surface area contributed by atoms with Crippen molar-refractivity contribution in [3.05, 3.63) is 59.2 Å². The van der Waals surface area contributed by atoms with Crippen molar-refractivity contribution in [2.75, 3.05) is 5.32 Å². The van der Waals surface area contributed by atoms with E-state index in [4.69, 9.17) is 10.4 Å². The average Bonchev–Trinajstić information content (AvgIpc) is 2.42. The second kappa shape index (κ2) is 5.89. The van der Waals surface area contributed by atoms with Crippen LogP contribution in [-0.4, -0.2) is 11.1 Å². The van der Waals surface area contributed by atoms with Crippen LogP contribution in [0, 0.1) is 18.3 Å². The zero-order valence-electron chi connectivity index (χ0n) is 11.1. The molecule has 4 heteroatoms. The summed E-state index contributed by atoms with van der Waals surface area (Å²) < 4.78 is 0. The summed E-state index contributed by atoms with van der Waals surface area (Å²) in [5.74, 6) is -0.836. The van der Waals surface area contributed by atoms with Gasteiger partial charge in [-0.3, -0.25) is 4.79 Å². The lowest BCUT2D eigenvalue weighted by molar-refractivity contribution is -0.136. The fraction of sp³-hybridized carbons (Fsp3) is 0.125. The summed E-state index contributed by atoms with van der Waals surface area (Å²) in [5.41, 5.74) is 4.18. The van der Waals surface area contributed by atoms with E-state index in [0.717, 1.165) is 22.5 Å². The molecule has 4 nitrogen and oxygen atoms in total. The molecule has 0 fully saturated rings. The number of nitrogens with one attached hydrogen (secondary N) is 1. The summed E-state index contributed by atoms with van der Waals surface area (Å²) >= 11 is 0. The van der Waals surface area contributed by atoms with Crippen LogP contribution >= 0.6 is 0 Å². The number of nitrogens with zero attached hydrogens (tertiary/aromatic N) is 1. The number of carboxylic acid groups (broad SMARTS) is 1. The first-order chi connectivity index (χ1) is 9.58. The van der Waals surface area contributed by atoms with Crippen molar-refractivity contribution in [1.29, 1.82) is 5.26 Å². The van der Waals surface area contributed by atoms with E-state index in [0.29, 0.717) is 5.56 Å². The third kappa shape index (κ3) is 3.36. The Bertz CT molecular complexity index is 670. The van der Waals surface area contributed by atoms with Gasteiger partial charge in [-0.1, -0.05) is 12.1 Å². The lowest BCUT2D eigenvalue weighted by atomic mass is 10.1. The molecule has 0 aliphatic heterocycles. The van der Waals surface area contributed by atoms with Gasteiger partial charge in [-0.15, -0.1) is 0 Å². The Balaban J connectivity index is 2.16. The molecule has 0 amide bonds. The number of nitriles is 1. The van der Waals surface area contributed by atoms with Crippen LogP contribution in [0.1, 0.15) is 16.7 Å². The molecule has 0 aromatic heterocycles. The van der Waals surface area contributed by atoms with Gasteiger partial charge in [0, 0.05) is 11.4 Å². The van der Waals surface area contributed by atoms with Crippen molar-refractivity contribution >= 4 is 17.3 Å². The Morgan fingerprint density at radius 3 is 2.50 bits per heavy atom. The van der Waals surface area contributed by atoms with Gasteiger partial charge in [-0.05, 0) is 48.4 Å². The third-order valence-electron chi connectivity index (χ3n) is 2.94. The molecule has 0 heterocycles. The lowest BCUT2D eigenvalue weighted by Gasteiger charge is -2.11. The molecule has 0 bridgehead atoms. The molecule has 0 aliphatic carbocycles. The molecule has 2 N–H and O–H groups in total. The predicted octanol–water partition coefficient (Wildman–Crippen LogP) is 3.24. The first-order valence-electron chi connectivity index (χ1n) is 6.17. The molecule has 0 saturated heterocycles. The molecule has 0 radical (unpaired) electrons.